The minimum atomic E-state index is 0.350. The van der Waals surface area contributed by atoms with Crippen molar-refractivity contribution in [1.29, 1.82) is 0 Å². The first-order valence-electron chi connectivity index (χ1n) is 4.86. The lowest BCUT2D eigenvalue weighted by Gasteiger charge is -2.22. The Morgan fingerprint density at radius 3 is 2.57 bits per heavy atom. The molecule has 80 valence electrons. The van der Waals surface area contributed by atoms with Crippen molar-refractivity contribution < 1.29 is 0 Å². The third-order valence-corrected chi connectivity index (χ3v) is 3.83. The molecule has 0 bridgehead atoms. The topological polar surface area (TPSA) is 12.0 Å². The highest BCUT2D eigenvalue weighted by Gasteiger charge is 2.13. The lowest BCUT2D eigenvalue weighted by molar-refractivity contribution is 0.361. The second kappa shape index (κ2) is 4.77. The number of hydrogen-bond acceptors (Lipinski definition) is 2. The van der Waals surface area contributed by atoms with Gasteiger partial charge in [0, 0.05) is 27.3 Å². The van der Waals surface area contributed by atoms with Crippen LogP contribution in [-0.2, 0) is 0 Å². The van der Waals surface area contributed by atoms with Crippen LogP contribution in [0.2, 0.25) is 0 Å². The van der Waals surface area contributed by atoms with Gasteiger partial charge in [0.1, 0.15) is 0 Å². The van der Waals surface area contributed by atoms with Gasteiger partial charge in [0.15, 0.2) is 0 Å². The molecule has 1 rings (SSSR count). The molecule has 0 aliphatic carbocycles. The molecule has 3 heteroatoms. The molecule has 1 N–H and O–H groups in total. The number of rotatable bonds is 3. The van der Waals surface area contributed by atoms with Gasteiger partial charge in [0.05, 0.1) is 0 Å². The smallest absolute Gasteiger partial charge is 0.0386 e. The molecule has 1 nitrogen and oxygen atoms in total. The molecular weight excluding hydrogens is 258 g/mol. The average Bonchev–Trinajstić information content (AvgIpc) is 2.46. The summed E-state index contributed by atoms with van der Waals surface area (Å²) < 4.78 is 1.18. The van der Waals surface area contributed by atoms with Crippen LogP contribution in [0.4, 0.5) is 0 Å². The summed E-state index contributed by atoms with van der Waals surface area (Å²) >= 11 is 5.27. The predicted molar refractivity (Wildman–Crippen MR) is 67.9 cm³/mol. The van der Waals surface area contributed by atoms with Gasteiger partial charge in [0.25, 0.3) is 0 Å². The Morgan fingerprint density at radius 2 is 2.14 bits per heavy atom. The third-order valence-electron chi connectivity index (χ3n) is 1.95. The molecule has 1 heterocycles. The van der Waals surface area contributed by atoms with Crippen LogP contribution < -0.4 is 5.32 Å². The molecule has 1 aromatic rings. The molecule has 0 radical (unpaired) electrons. The zero-order valence-corrected chi connectivity index (χ0v) is 11.6. The van der Waals surface area contributed by atoms with E-state index < -0.39 is 0 Å². The highest BCUT2D eigenvalue weighted by atomic mass is 79.9. The maximum atomic E-state index is 3.54. The van der Waals surface area contributed by atoms with E-state index in [-0.39, 0.29) is 0 Å². The fourth-order valence-electron chi connectivity index (χ4n) is 1.12. The van der Waals surface area contributed by atoms with Crippen molar-refractivity contribution in [3.05, 3.63) is 20.8 Å². The fraction of sp³-hybridized carbons (Fsp3) is 0.636. The first-order valence-corrected chi connectivity index (χ1v) is 6.53. The van der Waals surface area contributed by atoms with Crippen LogP contribution in [0.5, 0.6) is 0 Å². The van der Waals surface area contributed by atoms with Crippen LogP contribution in [0.15, 0.2) is 15.9 Å². The molecule has 1 atom stereocenters. The molecule has 14 heavy (non-hydrogen) atoms. The van der Waals surface area contributed by atoms with Gasteiger partial charge >= 0.3 is 0 Å². The van der Waals surface area contributed by atoms with E-state index in [0.29, 0.717) is 11.5 Å². The Kier molecular flexibility index (Phi) is 4.16. The second-order valence-electron chi connectivity index (χ2n) is 4.83. The van der Waals surface area contributed by atoms with Crippen LogP contribution in [-0.4, -0.2) is 6.54 Å². The minimum absolute atomic E-state index is 0.350. The van der Waals surface area contributed by atoms with Crippen molar-refractivity contribution in [2.45, 2.75) is 33.7 Å². The number of halogens is 1. The van der Waals surface area contributed by atoms with E-state index in [4.69, 9.17) is 0 Å². The summed E-state index contributed by atoms with van der Waals surface area (Å²) in [6.07, 6.45) is 0. The molecule has 1 unspecified atom stereocenters. The first-order chi connectivity index (χ1) is 6.38. The van der Waals surface area contributed by atoms with Gasteiger partial charge in [-0.2, -0.15) is 0 Å². The molecular formula is C11H18BrNS. The maximum absolute atomic E-state index is 3.54. The second-order valence-corrected chi connectivity index (χ2v) is 6.69. The summed E-state index contributed by atoms with van der Waals surface area (Å²) in [5.74, 6) is 0. The number of thiophene rings is 1. The Bertz CT molecular complexity index is 288. The van der Waals surface area contributed by atoms with Crippen molar-refractivity contribution >= 4 is 27.3 Å². The molecule has 0 saturated carbocycles. The van der Waals surface area contributed by atoms with Gasteiger partial charge in [-0.05, 0) is 34.3 Å². The summed E-state index contributed by atoms with van der Waals surface area (Å²) in [6.45, 7) is 10.00. The van der Waals surface area contributed by atoms with E-state index >= 15 is 0 Å². The quantitative estimate of drug-likeness (QED) is 0.872. The van der Waals surface area contributed by atoms with Crippen molar-refractivity contribution in [1.82, 2.24) is 5.32 Å². The van der Waals surface area contributed by atoms with Gasteiger partial charge in [-0.3, -0.25) is 0 Å². The predicted octanol–water partition coefficient (Wildman–Crippen LogP) is 4.21. The van der Waals surface area contributed by atoms with E-state index in [1.165, 1.54) is 9.35 Å². The molecule has 0 aliphatic heterocycles. The van der Waals surface area contributed by atoms with Crippen LogP contribution >= 0.6 is 27.3 Å². The zero-order valence-electron chi connectivity index (χ0n) is 9.23. The van der Waals surface area contributed by atoms with Crippen LogP contribution in [0.1, 0.15) is 38.6 Å². The Balaban J connectivity index is 2.47. The lowest BCUT2D eigenvalue weighted by Crippen LogP contribution is -2.28. The van der Waals surface area contributed by atoms with E-state index in [1.54, 1.807) is 11.3 Å². The molecule has 1 aromatic heterocycles. The molecule has 0 amide bonds. The Labute approximate surface area is 99.0 Å². The summed E-state index contributed by atoms with van der Waals surface area (Å²) in [5, 5.41) is 5.67. The van der Waals surface area contributed by atoms with E-state index in [0.717, 1.165) is 6.54 Å². The van der Waals surface area contributed by atoms with E-state index in [1.807, 2.05) is 0 Å². The van der Waals surface area contributed by atoms with E-state index in [9.17, 15) is 0 Å². The standard InChI is InChI=1S/C11H18BrNS/c1-8(13-7-11(2,3)4)10-5-9(12)6-14-10/h5-6,8,13H,7H2,1-4H3. The van der Waals surface area contributed by atoms with Gasteiger partial charge in [0.2, 0.25) is 0 Å². The van der Waals surface area contributed by atoms with Gasteiger partial charge in [-0.15, -0.1) is 11.3 Å². The van der Waals surface area contributed by atoms with Crippen molar-refractivity contribution in [3.8, 4) is 0 Å². The molecule has 0 aliphatic rings. The highest BCUT2D eigenvalue weighted by Crippen LogP contribution is 2.25. The van der Waals surface area contributed by atoms with Crippen molar-refractivity contribution in [3.63, 3.8) is 0 Å². The summed E-state index contributed by atoms with van der Waals surface area (Å²) in [7, 11) is 0. The van der Waals surface area contributed by atoms with E-state index in [2.05, 4.69) is 60.4 Å². The molecule has 0 saturated heterocycles. The third kappa shape index (κ3) is 4.11. The SMILES string of the molecule is CC(NCC(C)(C)C)c1cc(Br)cs1. The van der Waals surface area contributed by atoms with Crippen LogP contribution in [0, 0.1) is 5.41 Å². The van der Waals surface area contributed by atoms with Crippen LogP contribution in [0.25, 0.3) is 0 Å². The van der Waals surface area contributed by atoms with Gasteiger partial charge in [-0.1, -0.05) is 20.8 Å². The first kappa shape index (κ1) is 12.2. The number of nitrogens with one attached hydrogen (secondary N) is 1. The van der Waals surface area contributed by atoms with Gasteiger partial charge in [-0.25, -0.2) is 0 Å². The molecule has 0 fully saturated rings. The molecule has 0 spiro atoms. The molecule has 0 aromatic carbocycles. The summed E-state index contributed by atoms with van der Waals surface area (Å²) in [6, 6.07) is 2.64. The monoisotopic (exact) mass is 275 g/mol. The Hall–Kier alpha value is 0.140. The number of hydrogen-bond donors (Lipinski definition) is 1. The zero-order chi connectivity index (χ0) is 10.8. The maximum Gasteiger partial charge on any atom is 0.0386 e. The average molecular weight is 276 g/mol. The van der Waals surface area contributed by atoms with Crippen LogP contribution in [0.3, 0.4) is 0 Å². The minimum Gasteiger partial charge on any atom is -0.309 e. The van der Waals surface area contributed by atoms with Crippen molar-refractivity contribution in [2.24, 2.45) is 5.41 Å². The lowest BCUT2D eigenvalue weighted by atomic mass is 9.96. The summed E-state index contributed by atoms with van der Waals surface area (Å²) in [5.41, 5.74) is 0.350. The largest absolute Gasteiger partial charge is 0.309 e. The fourth-order valence-corrected chi connectivity index (χ4v) is 2.59. The van der Waals surface area contributed by atoms with Crippen molar-refractivity contribution in [2.75, 3.05) is 6.54 Å². The highest BCUT2D eigenvalue weighted by molar-refractivity contribution is 9.10. The summed E-state index contributed by atoms with van der Waals surface area (Å²) in [4.78, 5) is 1.39. The normalized spacial score (nSPS) is 14.4. The van der Waals surface area contributed by atoms with Gasteiger partial charge < -0.3 is 5.32 Å². The Morgan fingerprint density at radius 1 is 1.50 bits per heavy atom.